The highest BCUT2D eigenvalue weighted by atomic mass is 31.2. The quantitative estimate of drug-likeness (QED) is 0.380. The summed E-state index contributed by atoms with van der Waals surface area (Å²) in [5.41, 5.74) is 7.24. The Kier molecular flexibility index (Phi) is 4.71. The van der Waals surface area contributed by atoms with Gasteiger partial charge in [0.25, 0.3) is 0 Å². The van der Waals surface area contributed by atoms with E-state index in [-0.39, 0.29) is 25.1 Å². The lowest BCUT2D eigenvalue weighted by Gasteiger charge is -2.30. The van der Waals surface area contributed by atoms with Gasteiger partial charge in [-0.3, -0.25) is 19.2 Å². The summed E-state index contributed by atoms with van der Waals surface area (Å²) in [5, 5.41) is 10.7. The Hall–Kier alpha value is -2.15. The largest absolute Gasteiger partial charge is 0.530 e. The van der Waals surface area contributed by atoms with Crippen molar-refractivity contribution in [3.63, 3.8) is 0 Å². The molecule has 0 spiro atoms. The van der Waals surface area contributed by atoms with Crippen LogP contribution in [0.15, 0.2) is 47.9 Å². The van der Waals surface area contributed by atoms with E-state index in [2.05, 4.69) is 0 Å². The minimum absolute atomic E-state index is 0.0868. The fourth-order valence-electron chi connectivity index (χ4n) is 2.52. The molecule has 1 fully saturated rings. The van der Waals surface area contributed by atoms with E-state index in [4.69, 9.17) is 19.3 Å². The van der Waals surface area contributed by atoms with Gasteiger partial charge in [0.1, 0.15) is 5.76 Å². The van der Waals surface area contributed by atoms with Gasteiger partial charge in [-0.25, -0.2) is 4.57 Å². The van der Waals surface area contributed by atoms with Crippen LogP contribution in [0.1, 0.15) is 30.9 Å². The van der Waals surface area contributed by atoms with Crippen molar-refractivity contribution in [3.8, 4) is 0 Å². The van der Waals surface area contributed by atoms with Gasteiger partial charge >= 0.3 is 7.82 Å². The molecule has 8 nitrogen and oxygen atoms in total. The van der Waals surface area contributed by atoms with E-state index in [1.807, 2.05) is 6.07 Å². The van der Waals surface area contributed by atoms with Crippen molar-refractivity contribution in [1.82, 2.24) is 0 Å². The predicted molar refractivity (Wildman–Crippen MR) is 86.3 cm³/mol. The molecule has 0 saturated carbocycles. The van der Waals surface area contributed by atoms with E-state index in [9.17, 15) is 14.7 Å². The number of benzene rings is 1. The van der Waals surface area contributed by atoms with Gasteiger partial charge in [0, 0.05) is 31.0 Å². The molecule has 24 heavy (non-hydrogen) atoms. The lowest BCUT2D eigenvalue weighted by atomic mass is 10.1. The summed E-state index contributed by atoms with van der Waals surface area (Å²) in [7, 11) is -3.77. The summed E-state index contributed by atoms with van der Waals surface area (Å²) in [4.78, 5) is 10.2. The van der Waals surface area contributed by atoms with E-state index in [0.717, 1.165) is 5.56 Å². The Morgan fingerprint density at radius 3 is 2.83 bits per heavy atom. The van der Waals surface area contributed by atoms with Crippen LogP contribution in [-0.4, -0.2) is 11.5 Å². The average molecular weight is 352 g/mol. The van der Waals surface area contributed by atoms with Gasteiger partial charge in [-0.1, -0.05) is 12.1 Å². The van der Waals surface area contributed by atoms with Gasteiger partial charge in [0.15, 0.2) is 0 Å². The fraction of sp³-hybridized carbons (Fsp3) is 0.333. The van der Waals surface area contributed by atoms with Crippen molar-refractivity contribution in [2.75, 3.05) is 12.3 Å². The van der Waals surface area contributed by atoms with Gasteiger partial charge in [-0.2, -0.15) is 0 Å². The first kappa shape index (κ1) is 16.7. The Morgan fingerprint density at radius 1 is 1.33 bits per heavy atom. The molecule has 1 aromatic carbocycles. The second-order valence-electron chi connectivity index (χ2n) is 5.47. The van der Waals surface area contributed by atoms with Gasteiger partial charge in [0.2, 0.25) is 5.70 Å². The van der Waals surface area contributed by atoms with Crippen LogP contribution in [0.3, 0.4) is 0 Å². The summed E-state index contributed by atoms with van der Waals surface area (Å²) in [5.74, 6) is 0.345. The molecular formula is C15H17N2O6P. The van der Waals surface area contributed by atoms with E-state index >= 15 is 0 Å². The zero-order valence-electron chi connectivity index (χ0n) is 12.8. The van der Waals surface area contributed by atoms with Gasteiger partial charge in [0.05, 0.1) is 17.6 Å². The third-order valence-electron chi connectivity index (χ3n) is 3.72. The minimum Gasteiger partial charge on any atom is -0.409 e. The van der Waals surface area contributed by atoms with Gasteiger partial charge in [-0.15, -0.1) is 0 Å². The number of rotatable bonds is 4. The molecule has 1 saturated heterocycles. The highest BCUT2D eigenvalue weighted by Gasteiger charge is 2.38. The second kappa shape index (κ2) is 6.76. The van der Waals surface area contributed by atoms with Crippen LogP contribution < -0.4 is 5.73 Å². The maximum absolute atomic E-state index is 12.7. The third kappa shape index (κ3) is 3.84. The minimum atomic E-state index is -3.77. The topological polar surface area (TPSA) is 114 Å². The lowest BCUT2D eigenvalue weighted by molar-refractivity contribution is -0.428. The summed E-state index contributed by atoms with van der Waals surface area (Å²) in [6, 6.07) is 7.14. The number of phosphoric ester groups is 1. The van der Waals surface area contributed by atoms with Crippen LogP contribution in [0.2, 0.25) is 0 Å². The molecule has 1 unspecified atom stereocenters. The van der Waals surface area contributed by atoms with Crippen molar-refractivity contribution in [2.24, 2.45) is 0 Å². The van der Waals surface area contributed by atoms with Crippen LogP contribution in [0.4, 0.5) is 5.69 Å². The molecule has 2 atom stereocenters. The second-order valence-corrected chi connectivity index (χ2v) is 7.02. The first-order valence-electron chi connectivity index (χ1n) is 7.47. The Balaban J connectivity index is 1.71. The first-order valence-corrected chi connectivity index (χ1v) is 8.93. The maximum atomic E-state index is 12.7. The van der Waals surface area contributed by atoms with Gasteiger partial charge in [-0.05, 0) is 23.8 Å². The fourth-order valence-corrected chi connectivity index (χ4v) is 3.99. The van der Waals surface area contributed by atoms with E-state index in [1.54, 1.807) is 18.2 Å². The molecule has 0 amide bonds. The summed E-state index contributed by atoms with van der Waals surface area (Å²) < 4.78 is 28.9. The standard InChI is InChI=1S/C15H17N2O6P/c16-12-3-1-2-11(10-12)15-8-9-21-24(20,23-15)22-14-6-4-13(5-7-14)17(18)19/h1-4,6,10,15H,5,7-9,16H2/t15-,24?/m0/s1. The Labute approximate surface area is 138 Å². The number of nitrogens with zero attached hydrogens (tertiary/aromatic N) is 1. The molecule has 1 aliphatic heterocycles. The van der Waals surface area contributed by atoms with Crippen molar-refractivity contribution < 1.29 is 23.1 Å². The maximum Gasteiger partial charge on any atom is 0.530 e. The Bertz CT molecular complexity index is 760. The normalized spacial score (nSPS) is 27.1. The number of phosphoric acid groups is 1. The zero-order chi connectivity index (χ0) is 17.2. The molecule has 3 rings (SSSR count). The number of nitro groups is 1. The number of hydrogen-bond acceptors (Lipinski definition) is 7. The summed E-state index contributed by atoms with van der Waals surface area (Å²) in [6.07, 6.45) is 3.33. The van der Waals surface area contributed by atoms with Crippen LogP contribution in [0, 0.1) is 10.1 Å². The number of anilines is 1. The lowest BCUT2D eigenvalue weighted by Crippen LogP contribution is -2.16. The monoisotopic (exact) mass is 352 g/mol. The molecule has 128 valence electrons. The molecule has 0 radical (unpaired) electrons. The summed E-state index contributed by atoms with van der Waals surface area (Å²) >= 11 is 0. The number of hydrogen-bond donors (Lipinski definition) is 1. The van der Waals surface area contributed by atoms with Gasteiger partial charge < -0.3 is 10.3 Å². The Morgan fingerprint density at radius 2 is 2.17 bits per heavy atom. The third-order valence-corrected chi connectivity index (χ3v) is 5.19. The van der Waals surface area contributed by atoms with Crippen molar-refractivity contribution in [1.29, 1.82) is 0 Å². The molecule has 9 heteroatoms. The highest BCUT2D eigenvalue weighted by molar-refractivity contribution is 7.48. The van der Waals surface area contributed by atoms with E-state index in [0.29, 0.717) is 17.9 Å². The number of allylic oxidation sites excluding steroid dienone is 4. The first-order chi connectivity index (χ1) is 11.5. The molecule has 1 aromatic rings. The van der Waals surface area contributed by atoms with Crippen molar-refractivity contribution in [2.45, 2.75) is 25.4 Å². The molecule has 2 aliphatic rings. The molecule has 1 heterocycles. The van der Waals surface area contributed by atoms with Crippen LogP contribution >= 0.6 is 7.82 Å². The molecular weight excluding hydrogens is 335 g/mol. The van der Waals surface area contributed by atoms with Crippen molar-refractivity contribution >= 4 is 13.5 Å². The highest BCUT2D eigenvalue weighted by Crippen LogP contribution is 2.58. The summed E-state index contributed by atoms with van der Waals surface area (Å²) in [6.45, 7) is 0.222. The number of nitrogen functional groups attached to an aromatic ring is 1. The van der Waals surface area contributed by atoms with E-state index < -0.39 is 18.8 Å². The smallest absolute Gasteiger partial charge is 0.409 e. The van der Waals surface area contributed by atoms with E-state index in [1.165, 1.54) is 12.2 Å². The van der Waals surface area contributed by atoms with Crippen LogP contribution in [0.5, 0.6) is 0 Å². The number of nitrogens with two attached hydrogens (primary N) is 1. The van der Waals surface area contributed by atoms with Crippen LogP contribution in [0.25, 0.3) is 0 Å². The van der Waals surface area contributed by atoms with Crippen LogP contribution in [-0.2, 0) is 18.1 Å². The zero-order valence-corrected chi connectivity index (χ0v) is 13.7. The predicted octanol–water partition coefficient (Wildman–Crippen LogP) is 3.71. The van der Waals surface area contributed by atoms with Crippen molar-refractivity contribution in [3.05, 3.63) is 63.6 Å². The average Bonchev–Trinajstić information content (AvgIpc) is 2.55. The molecule has 2 N–H and O–H groups in total. The molecule has 1 aliphatic carbocycles. The molecule has 0 aromatic heterocycles. The molecule has 0 bridgehead atoms. The SMILES string of the molecule is Nc1cccc([C@@H]2CCOP(=O)(OC3=CC=C([N+](=O)[O-])CC3)O2)c1.